The smallest absolute Gasteiger partial charge is 0.253 e. The van der Waals surface area contributed by atoms with Gasteiger partial charge in [-0.15, -0.1) is 0 Å². The van der Waals surface area contributed by atoms with Crippen LogP contribution in [0.1, 0.15) is 22.3 Å². The minimum atomic E-state index is -0.688. The third-order valence-electron chi connectivity index (χ3n) is 3.80. The van der Waals surface area contributed by atoms with Crippen molar-refractivity contribution in [1.29, 1.82) is 0 Å². The number of hydrogen-bond donors (Lipinski definition) is 2. The molecule has 0 fully saturated rings. The quantitative estimate of drug-likeness (QED) is 0.673. The Morgan fingerprint density at radius 3 is 2.62 bits per heavy atom. The van der Waals surface area contributed by atoms with Gasteiger partial charge in [0.15, 0.2) is 0 Å². The molecule has 2 N–H and O–H groups in total. The van der Waals surface area contributed by atoms with E-state index in [0.717, 1.165) is 5.75 Å². The standard InChI is InChI=1S/C19H20BrFN2O2S/c1-12-11-13(21)7-8-16(12)22-19(25)17(9-10-26-2)23-18(24)14-5-3-4-6-15(14)20/h3-8,11,17H,9-10H2,1-2H3,(H,22,25)(H,23,24). The summed E-state index contributed by atoms with van der Waals surface area (Å²) in [5.74, 6) is -0.290. The molecule has 2 aromatic rings. The number of amides is 2. The summed E-state index contributed by atoms with van der Waals surface area (Å²) in [6, 6.07) is 10.5. The van der Waals surface area contributed by atoms with Gasteiger partial charge in [-0.3, -0.25) is 9.59 Å². The second-order valence-electron chi connectivity index (χ2n) is 5.74. The van der Waals surface area contributed by atoms with Crippen LogP contribution in [-0.2, 0) is 4.79 Å². The minimum absolute atomic E-state index is 0.324. The molecule has 0 aromatic heterocycles. The Balaban J connectivity index is 2.14. The maximum atomic E-state index is 13.2. The molecule has 2 amide bonds. The number of carbonyl (C=O) groups excluding carboxylic acids is 2. The Bertz CT molecular complexity index is 801. The van der Waals surface area contributed by atoms with Crippen LogP contribution in [0.5, 0.6) is 0 Å². The number of carbonyl (C=O) groups is 2. The predicted molar refractivity (Wildman–Crippen MR) is 108 cm³/mol. The molecular formula is C19H20BrFN2O2S. The largest absolute Gasteiger partial charge is 0.340 e. The molecule has 0 saturated heterocycles. The molecule has 2 rings (SSSR count). The van der Waals surface area contributed by atoms with Crippen LogP contribution >= 0.6 is 27.7 Å². The van der Waals surface area contributed by atoms with Crippen LogP contribution in [-0.4, -0.2) is 29.9 Å². The number of benzene rings is 2. The number of rotatable bonds is 7. The lowest BCUT2D eigenvalue weighted by Gasteiger charge is -2.19. The second-order valence-corrected chi connectivity index (χ2v) is 7.58. The van der Waals surface area contributed by atoms with Gasteiger partial charge in [0, 0.05) is 10.2 Å². The zero-order chi connectivity index (χ0) is 19.1. The van der Waals surface area contributed by atoms with Crippen LogP contribution in [0.4, 0.5) is 10.1 Å². The number of halogens is 2. The van der Waals surface area contributed by atoms with Gasteiger partial charge in [0.1, 0.15) is 11.9 Å². The van der Waals surface area contributed by atoms with Crippen molar-refractivity contribution < 1.29 is 14.0 Å². The molecule has 138 valence electrons. The van der Waals surface area contributed by atoms with Crippen LogP contribution in [0, 0.1) is 12.7 Å². The Labute approximate surface area is 165 Å². The Kier molecular flexibility index (Phi) is 7.66. The first-order valence-electron chi connectivity index (χ1n) is 8.03. The fourth-order valence-corrected chi connectivity index (χ4v) is 3.31. The van der Waals surface area contributed by atoms with Gasteiger partial charge in [-0.2, -0.15) is 11.8 Å². The summed E-state index contributed by atoms with van der Waals surface area (Å²) in [5, 5.41) is 5.57. The summed E-state index contributed by atoms with van der Waals surface area (Å²) in [5.41, 5.74) is 1.62. The van der Waals surface area contributed by atoms with E-state index < -0.39 is 6.04 Å². The van der Waals surface area contributed by atoms with Crippen LogP contribution < -0.4 is 10.6 Å². The van der Waals surface area contributed by atoms with Crippen molar-refractivity contribution in [2.75, 3.05) is 17.3 Å². The molecule has 0 aliphatic heterocycles. The first-order chi connectivity index (χ1) is 12.4. The van der Waals surface area contributed by atoms with Crippen molar-refractivity contribution in [3.05, 3.63) is 63.9 Å². The van der Waals surface area contributed by atoms with Crippen LogP contribution in [0.2, 0.25) is 0 Å². The molecular weight excluding hydrogens is 419 g/mol. The highest BCUT2D eigenvalue weighted by atomic mass is 79.9. The first-order valence-corrected chi connectivity index (χ1v) is 10.2. The minimum Gasteiger partial charge on any atom is -0.340 e. The van der Waals surface area contributed by atoms with E-state index in [1.165, 1.54) is 18.2 Å². The van der Waals surface area contributed by atoms with Gasteiger partial charge in [-0.1, -0.05) is 12.1 Å². The normalized spacial score (nSPS) is 11.7. The van der Waals surface area contributed by atoms with Crippen molar-refractivity contribution in [3.63, 3.8) is 0 Å². The van der Waals surface area contributed by atoms with Crippen molar-refractivity contribution in [2.45, 2.75) is 19.4 Å². The zero-order valence-corrected chi connectivity index (χ0v) is 16.9. The molecule has 1 unspecified atom stereocenters. The highest BCUT2D eigenvalue weighted by Gasteiger charge is 2.22. The lowest BCUT2D eigenvalue weighted by molar-refractivity contribution is -0.118. The Hall–Kier alpha value is -1.86. The fourth-order valence-electron chi connectivity index (χ4n) is 2.37. The van der Waals surface area contributed by atoms with E-state index in [9.17, 15) is 14.0 Å². The van der Waals surface area contributed by atoms with E-state index >= 15 is 0 Å². The molecule has 0 aliphatic rings. The molecule has 0 bridgehead atoms. The molecule has 4 nitrogen and oxygen atoms in total. The third kappa shape index (κ3) is 5.57. The molecule has 0 heterocycles. The van der Waals surface area contributed by atoms with Crippen LogP contribution in [0.15, 0.2) is 46.9 Å². The highest BCUT2D eigenvalue weighted by Crippen LogP contribution is 2.18. The maximum Gasteiger partial charge on any atom is 0.253 e. The molecule has 2 aromatic carbocycles. The number of thioether (sulfide) groups is 1. The van der Waals surface area contributed by atoms with Crippen LogP contribution in [0.3, 0.4) is 0 Å². The fraction of sp³-hybridized carbons (Fsp3) is 0.263. The maximum absolute atomic E-state index is 13.2. The van der Waals surface area contributed by atoms with Crippen LogP contribution in [0.25, 0.3) is 0 Å². The van der Waals surface area contributed by atoms with E-state index in [1.54, 1.807) is 36.9 Å². The van der Waals surface area contributed by atoms with Gasteiger partial charge in [0.25, 0.3) is 5.91 Å². The molecule has 0 radical (unpaired) electrons. The summed E-state index contributed by atoms with van der Waals surface area (Å²) in [6.45, 7) is 1.72. The summed E-state index contributed by atoms with van der Waals surface area (Å²) >= 11 is 4.94. The lowest BCUT2D eigenvalue weighted by atomic mass is 10.1. The van der Waals surface area contributed by atoms with Gasteiger partial charge >= 0.3 is 0 Å². The third-order valence-corrected chi connectivity index (χ3v) is 5.13. The topological polar surface area (TPSA) is 58.2 Å². The van der Waals surface area contributed by atoms with Gasteiger partial charge in [-0.25, -0.2) is 4.39 Å². The summed E-state index contributed by atoms with van der Waals surface area (Å²) in [7, 11) is 0. The number of anilines is 1. The summed E-state index contributed by atoms with van der Waals surface area (Å²) in [6.07, 6.45) is 2.43. The number of hydrogen-bond acceptors (Lipinski definition) is 3. The van der Waals surface area contributed by atoms with E-state index in [-0.39, 0.29) is 17.6 Å². The zero-order valence-electron chi connectivity index (χ0n) is 14.5. The van der Waals surface area contributed by atoms with Gasteiger partial charge in [-0.05, 0) is 77.2 Å². The van der Waals surface area contributed by atoms with Crippen molar-refractivity contribution >= 4 is 45.2 Å². The monoisotopic (exact) mass is 438 g/mol. The van der Waals surface area contributed by atoms with E-state index in [0.29, 0.717) is 27.7 Å². The number of aryl methyl sites for hydroxylation is 1. The summed E-state index contributed by atoms with van der Waals surface area (Å²) < 4.78 is 13.9. The predicted octanol–water partition coefficient (Wildman–Crippen LogP) is 4.39. The Morgan fingerprint density at radius 2 is 1.96 bits per heavy atom. The average Bonchev–Trinajstić information content (AvgIpc) is 2.61. The van der Waals surface area contributed by atoms with Crippen molar-refractivity contribution in [2.24, 2.45) is 0 Å². The number of nitrogens with one attached hydrogen (secondary N) is 2. The highest BCUT2D eigenvalue weighted by molar-refractivity contribution is 9.10. The van der Waals surface area contributed by atoms with Crippen molar-refractivity contribution in [1.82, 2.24) is 5.32 Å². The molecule has 0 saturated carbocycles. The average molecular weight is 439 g/mol. The molecule has 0 aliphatic carbocycles. The van der Waals surface area contributed by atoms with Crippen molar-refractivity contribution in [3.8, 4) is 0 Å². The van der Waals surface area contributed by atoms with E-state index in [1.807, 2.05) is 12.3 Å². The van der Waals surface area contributed by atoms with Gasteiger partial charge < -0.3 is 10.6 Å². The first kappa shape index (κ1) is 20.5. The summed E-state index contributed by atoms with van der Waals surface area (Å²) in [4.78, 5) is 25.2. The molecule has 0 spiro atoms. The SMILES string of the molecule is CSCCC(NC(=O)c1ccccc1Br)C(=O)Nc1ccc(F)cc1C. The second kappa shape index (κ2) is 9.73. The van der Waals surface area contributed by atoms with Gasteiger partial charge in [0.05, 0.1) is 5.56 Å². The molecule has 7 heteroatoms. The van der Waals surface area contributed by atoms with E-state index in [2.05, 4.69) is 26.6 Å². The van der Waals surface area contributed by atoms with Gasteiger partial charge in [0.2, 0.25) is 5.91 Å². The molecule has 1 atom stereocenters. The molecule has 26 heavy (non-hydrogen) atoms. The lowest BCUT2D eigenvalue weighted by Crippen LogP contribution is -2.44. The Morgan fingerprint density at radius 1 is 1.23 bits per heavy atom. The van der Waals surface area contributed by atoms with E-state index in [4.69, 9.17) is 0 Å².